The van der Waals surface area contributed by atoms with Crippen LogP contribution in [-0.4, -0.2) is 35.6 Å². The van der Waals surface area contributed by atoms with E-state index >= 15 is 0 Å². The number of anilines is 1. The molecule has 1 fully saturated rings. The van der Waals surface area contributed by atoms with E-state index in [9.17, 15) is 9.59 Å². The summed E-state index contributed by atoms with van der Waals surface area (Å²) in [4.78, 5) is 26.8. The minimum atomic E-state index is -0.00759. The largest absolute Gasteiger partial charge is 0.339 e. The van der Waals surface area contributed by atoms with Crippen molar-refractivity contribution in [2.75, 3.05) is 18.1 Å². The zero-order chi connectivity index (χ0) is 14.3. The summed E-state index contributed by atoms with van der Waals surface area (Å²) >= 11 is 1.51. The quantitative estimate of drug-likeness (QED) is 0.931. The lowest BCUT2D eigenvalue weighted by atomic mass is 10.1. The van der Waals surface area contributed by atoms with Crippen molar-refractivity contribution in [1.29, 1.82) is 0 Å². The highest BCUT2D eigenvalue weighted by atomic mass is 32.2. The van der Waals surface area contributed by atoms with Gasteiger partial charge in [-0.1, -0.05) is 0 Å². The van der Waals surface area contributed by atoms with E-state index in [2.05, 4.69) is 12.2 Å². The first-order valence-electron chi connectivity index (χ1n) is 6.90. The van der Waals surface area contributed by atoms with E-state index in [1.54, 1.807) is 6.07 Å². The maximum absolute atomic E-state index is 12.5. The Balaban J connectivity index is 1.81. The zero-order valence-corrected chi connectivity index (χ0v) is 12.5. The maximum atomic E-state index is 12.5. The van der Waals surface area contributed by atoms with E-state index in [4.69, 9.17) is 0 Å². The van der Waals surface area contributed by atoms with Crippen LogP contribution in [0.2, 0.25) is 0 Å². The molecule has 2 amide bonds. The van der Waals surface area contributed by atoms with Gasteiger partial charge in [-0.05, 0) is 43.9 Å². The van der Waals surface area contributed by atoms with Gasteiger partial charge in [0.25, 0.3) is 5.91 Å². The summed E-state index contributed by atoms with van der Waals surface area (Å²) in [6, 6.07) is 5.84. The standard InChI is InChI=1S/C15H18N2O2S/c1-9(10-3-4-10)17(2)15(19)11-5-6-13-12(7-11)16-14(18)8-20-13/h5-7,9-10H,3-4,8H2,1-2H3,(H,16,18). The van der Waals surface area contributed by atoms with Crippen molar-refractivity contribution in [3.63, 3.8) is 0 Å². The lowest BCUT2D eigenvalue weighted by Gasteiger charge is -2.25. The molecule has 1 aromatic rings. The maximum Gasteiger partial charge on any atom is 0.253 e. The molecular formula is C15H18N2O2S. The summed E-state index contributed by atoms with van der Waals surface area (Å²) < 4.78 is 0. The average Bonchev–Trinajstić information content (AvgIpc) is 3.28. The monoisotopic (exact) mass is 290 g/mol. The first-order chi connectivity index (χ1) is 9.56. The number of nitrogens with zero attached hydrogens (tertiary/aromatic N) is 1. The number of carbonyl (C=O) groups is 2. The van der Waals surface area contributed by atoms with Gasteiger partial charge >= 0.3 is 0 Å². The number of rotatable bonds is 3. The van der Waals surface area contributed by atoms with Gasteiger partial charge in [-0.25, -0.2) is 0 Å². The molecule has 4 nitrogen and oxygen atoms in total. The van der Waals surface area contributed by atoms with Crippen LogP contribution in [0.4, 0.5) is 5.69 Å². The van der Waals surface area contributed by atoms with Crippen molar-refractivity contribution < 1.29 is 9.59 Å². The third kappa shape index (κ3) is 2.54. The van der Waals surface area contributed by atoms with Gasteiger partial charge in [-0.15, -0.1) is 11.8 Å². The Morgan fingerprint density at radius 2 is 2.20 bits per heavy atom. The second-order valence-electron chi connectivity index (χ2n) is 5.54. The van der Waals surface area contributed by atoms with Crippen molar-refractivity contribution in [3.05, 3.63) is 23.8 Å². The Bertz CT molecular complexity index is 569. The lowest BCUT2D eigenvalue weighted by Crippen LogP contribution is -2.36. The van der Waals surface area contributed by atoms with Gasteiger partial charge in [0.15, 0.2) is 0 Å². The first-order valence-corrected chi connectivity index (χ1v) is 7.88. The average molecular weight is 290 g/mol. The Kier molecular flexibility index (Phi) is 3.46. The highest BCUT2D eigenvalue weighted by Crippen LogP contribution is 2.36. The summed E-state index contributed by atoms with van der Waals surface area (Å²) in [6.45, 7) is 2.10. The predicted molar refractivity (Wildman–Crippen MR) is 80.1 cm³/mol. The molecule has 0 saturated heterocycles. The topological polar surface area (TPSA) is 49.4 Å². The molecule has 1 aliphatic carbocycles. The number of fused-ring (bicyclic) bond motifs is 1. The van der Waals surface area contributed by atoms with Gasteiger partial charge < -0.3 is 10.2 Å². The van der Waals surface area contributed by atoms with Crippen LogP contribution in [0, 0.1) is 5.92 Å². The number of hydrogen-bond acceptors (Lipinski definition) is 3. The van der Waals surface area contributed by atoms with Gasteiger partial charge in [-0.2, -0.15) is 0 Å². The van der Waals surface area contributed by atoms with E-state index in [0.717, 1.165) is 10.6 Å². The molecule has 0 spiro atoms. The van der Waals surface area contributed by atoms with Gasteiger partial charge in [-0.3, -0.25) is 9.59 Å². The van der Waals surface area contributed by atoms with Crippen LogP contribution in [-0.2, 0) is 4.79 Å². The molecule has 1 saturated carbocycles. The molecule has 106 valence electrons. The Hall–Kier alpha value is -1.49. The van der Waals surface area contributed by atoms with Crippen molar-refractivity contribution in [1.82, 2.24) is 4.90 Å². The fraction of sp³-hybridized carbons (Fsp3) is 0.467. The molecule has 5 heteroatoms. The van der Waals surface area contributed by atoms with Gasteiger partial charge in [0, 0.05) is 23.5 Å². The minimum absolute atomic E-state index is 0.00759. The summed E-state index contributed by atoms with van der Waals surface area (Å²) in [7, 11) is 1.86. The van der Waals surface area contributed by atoms with Gasteiger partial charge in [0.1, 0.15) is 0 Å². The minimum Gasteiger partial charge on any atom is -0.339 e. The van der Waals surface area contributed by atoms with Crippen LogP contribution in [0.25, 0.3) is 0 Å². The van der Waals surface area contributed by atoms with E-state index in [1.165, 1.54) is 24.6 Å². The number of amides is 2. The van der Waals surface area contributed by atoms with Crippen LogP contribution in [0.15, 0.2) is 23.1 Å². The fourth-order valence-corrected chi connectivity index (χ4v) is 3.29. The number of thioether (sulfide) groups is 1. The van der Waals surface area contributed by atoms with Crippen molar-refractivity contribution in [2.45, 2.75) is 30.7 Å². The molecule has 0 bridgehead atoms. The second-order valence-corrected chi connectivity index (χ2v) is 6.56. The molecule has 1 unspecified atom stereocenters. The summed E-state index contributed by atoms with van der Waals surface area (Å²) in [5.41, 5.74) is 1.39. The normalized spacial score (nSPS) is 19.0. The number of hydrogen-bond donors (Lipinski definition) is 1. The molecule has 1 atom stereocenters. The van der Waals surface area contributed by atoms with E-state index in [0.29, 0.717) is 17.2 Å². The summed E-state index contributed by atoms with van der Waals surface area (Å²) in [5.74, 6) is 1.11. The van der Waals surface area contributed by atoms with E-state index in [-0.39, 0.29) is 17.9 Å². The van der Waals surface area contributed by atoms with E-state index < -0.39 is 0 Å². The molecule has 3 rings (SSSR count). The molecule has 2 aliphatic rings. The molecule has 1 aliphatic heterocycles. The second kappa shape index (κ2) is 5.13. The SMILES string of the molecule is CC(C1CC1)N(C)C(=O)c1ccc2c(c1)NC(=O)CS2. The molecule has 1 N–H and O–H groups in total. The Labute approximate surface area is 122 Å². The van der Waals surface area contributed by atoms with E-state index in [1.807, 2.05) is 24.1 Å². The zero-order valence-electron chi connectivity index (χ0n) is 11.7. The number of carbonyl (C=O) groups excluding carboxylic acids is 2. The molecule has 0 aromatic heterocycles. The lowest BCUT2D eigenvalue weighted by molar-refractivity contribution is -0.113. The third-order valence-corrected chi connectivity index (χ3v) is 5.17. The molecule has 0 radical (unpaired) electrons. The summed E-state index contributed by atoms with van der Waals surface area (Å²) in [5, 5.41) is 2.83. The van der Waals surface area contributed by atoms with Crippen LogP contribution in [0.5, 0.6) is 0 Å². The van der Waals surface area contributed by atoms with Crippen molar-refractivity contribution in [2.24, 2.45) is 5.92 Å². The van der Waals surface area contributed by atoms with Gasteiger partial charge in [0.05, 0.1) is 11.4 Å². The summed E-state index contributed by atoms with van der Waals surface area (Å²) in [6.07, 6.45) is 2.44. The Morgan fingerprint density at radius 1 is 1.45 bits per heavy atom. The predicted octanol–water partition coefficient (Wildman–Crippen LogP) is 2.60. The molecule has 20 heavy (non-hydrogen) atoms. The van der Waals surface area contributed by atoms with Crippen molar-refractivity contribution >= 4 is 29.3 Å². The third-order valence-electron chi connectivity index (χ3n) is 4.09. The highest BCUT2D eigenvalue weighted by molar-refractivity contribution is 8.00. The number of nitrogens with one attached hydrogen (secondary N) is 1. The molecule has 1 heterocycles. The van der Waals surface area contributed by atoms with Crippen LogP contribution < -0.4 is 5.32 Å². The fourth-order valence-electron chi connectivity index (χ4n) is 2.50. The first kappa shape index (κ1) is 13.5. The molecule has 1 aromatic carbocycles. The van der Waals surface area contributed by atoms with Gasteiger partial charge in [0.2, 0.25) is 5.91 Å². The van der Waals surface area contributed by atoms with Crippen LogP contribution in [0.3, 0.4) is 0 Å². The van der Waals surface area contributed by atoms with Crippen LogP contribution in [0.1, 0.15) is 30.1 Å². The highest BCUT2D eigenvalue weighted by Gasteiger charge is 2.33. The van der Waals surface area contributed by atoms with Crippen molar-refractivity contribution in [3.8, 4) is 0 Å². The molecular weight excluding hydrogens is 272 g/mol. The number of benzene rings is 1. The Morgan fingerprint density at radius 3 is 2.90 bits per heavy atom. The smallest absolute Gasteiger partial charge is 0.253 e. The van der Waals surface area contributed by atoms with Crippen LogP contribution >= 0.6 is 11.8 Å².